The summed E-state index contributed by atoms with van der Waals surface area (Å²) < 4.78 is 2.08. The number of hydrogen-bond acceptors (Lipinski definition) is 2. The summed E-state index contributed by atoms with van der Waals surface area (Å²) in [5.41, 5.74) is 4.43. The van der Waals surface area contributed by atoms with Crippen LogP contribution in [0.25, 0.3) is 29.0 Å². The normalized spacial score (nSPS) is 10.9. The minimum atomic E-state index is 0. The van der Waals surface area contributed by atoms with E-state index >= 15 is 0 Å². The molecular formula is C21H18ClN3. The third kappa shape index (κ3) is 3.47. The van der Waals surface area contributed by atoms with Crippen molar-refractivity contribution < 1.29 is 0 Å². The second-order valence-electron chi connectivity index (χ2n) is 5.73. The zero-order valence-corrected chi connectivity index (χ0v) is 14.6. The Morgan fingerprint density at radius 3 is 2.52 bits per heavy atom. The molecule has 25 heavy (non-hydrogen) atoms. The van der Waals surface area contributed by atoms with Crippen molar-refractivity contribution in [2.24, 2.45) is 0 Å². The molecule has 0 aliphatic rings. The van der Waals surface area contributed by atoms with Crippen LogP contribution in [0.3, 0.4) is 0 Å². The molecule has 0 bridgehead atoms. The second kappa shape index (κ2) is 7.32. The fourth-order valence-corrected chi connectivity index (χ4v) is 2.83. The van der Waals surface area contributed by atoms with E-state index in [4.69, 9.17) is 4.98 Å². The van der Waals surface area contributed by atoms with Crippen LogP contribution in [-0.4, -0.2) is 14.5 Å². The van der Waals surface area contributed by atoms with E-state index in [1.54, 1.807) is 6.20 Å². The number of benzene rings is 2. The molecule has 0 fully saturated rings. The molecule has 0 spiro atoms. The molecule has 0 saturated carbocycles. The Kier molecular flexibility index (Phi) is 4.96. The van der Waals surface area contributed by atoms with Gasteiger partial charge >= 0.3 is 0 Å². The van der Waals surface area contributed by atoms with E-state index < -0.39 is 0 Å². The molecule has 3 nitrogen and oxygen atoms in total. The number of rotatable bonds is 3. The number of fused-ring (bicyclic) bond motifs is 1. The molecule has 0 saturated heterocycles. The zero-order chi connectivity index (χ0) is 16.4. The molecule has 4 rings (SSSR count). The topological polar surface area (TPSA) is 30.7 Å². The summed E-state index contributed by atoms with van der Waals surface area (Å²) in [6.45, 7) is 2.10. The van der Waals surface area contributed by atoms with Gasteiger partial charge in [0.15, 0.2) is 0 Å². The average molecular weight is 348 g/mol. The Hall–Kier alpha value is -2.91. The van der Waals surface area contributed by atoms with Crippen LogP contribution in [0.15, 0.2) is 72.9 Å². The number of aryl methyl sites for hydroxylation is 1. The molecule has 124 valence electrons. The first-order valence-corrected chi connectivity index (χ1v) is 7.95. The largest absolute Gasteiger partial charge is 0.277 e. The van der Waals surface area contributed by atoms with Gasteiger partial charge in [-0.05, 0) is 42.8 Å². The van der Waals surface area contributed by atoms with Crippen molar-refractivity contribution in [1.82, 2.24) is 14.5 Å². The Labute approximate surface area is 153 Å². The number of para-hydroxylation sites is 2. The van der Waals surface area contributed by atoms with Crippen molar-refractivity contribution in [2.45, 2.75) is 6.92 Å². The summed E-state index contributed by atoms with van der Waals surface area (Å²) in [6, 6.07) is 22.5. The first-order chi connectivity index (χ1) is 11.8. The van der Waals surface area contributed by atoms with Crippen LogP contribution in [0.5, 0.6) is 0 Å². The molecule has 0 aliphatic carbocycles. The summed E-state index contributed by atoms with van der Waals surface area (Å²) in [5, 5.41) is 0. The van der Waals surface area contributed by atoms with E-state index in [0.29, 0.717) is 0 Å². The van der Waals surface area contributed by atoms with Crippen molar-refractivity contribution in [3.05, 3.63) is 89.9 Å². The predicted molar refractivity (Wildman–Crippen MR) is 106 cm³/mol. The van der Waals surface area contributed by atoms with Crippen molar-refractivity contribution in [3.63, 3.8) is 0 Å². The Balaban J connectivity index is 0.00000182. The SMILES string of the molecule is Cc1cccc(/C=C/c2nc3ccccc3n2-c2ccccn2)c1.Cl. The van der Waals surface area contributed by atoms with Gasteiger partial charge < -0.3 is 0 Å². The lowest BCUT2D eigenvalue weighted by atomic mass is 10.1. The van der Waals surface area contributed by atoms with Crippen LogP contribution < -0.4 is 0 Å². The van der Waals surface area contributed by atoms with E-state index in [2.05, 4.69) is 52.9 Å². The van der Waals surface area contributed by atoms with Crippen molar-refractivity contribution in [3.8, 4) is 5.82 Å². The number of pyridine rings is 1. The summed E-state index contributed by atoms with van der Waals surface area (Å²) in [6.07, 6.45) is 5.94. The Morgan fingerprint density at radius 2 is 1.72 bits per heavy atom. The lowest BCUT2D eigenvalue weighted by molar-refractivity contribution is 1.01. The lowest BCUT2D eigenvalue weighted by Gasteiger charge is -2.05. The van der Waals surface area contributed by atoms with Gasteiger partial charge in [0.05, 0.1) is 11.0 Å². The molecule has 4 aromatic rings. The highest BCUT2D eigenvalue weighted by Gasteiger charge is 2.10. The molecule has 0 N–H and O–H groups in total. The number of imidazole rings is 1. The Morgan fingerprint density at radius 1 is 0.880 bits per heavy atom. The van der Waals surface area contributed by atoms with Gasteiger partial charge in [0.2, 0.25) is 0 Å². The number of nitrogens with zero attached hydrogens (tertiary/aromatic N) is 3. The highest BCUT2D eigenvalue weighted by atomic mass is 35.5. The quantitative estimate of drug-likeness (QED) is 0.502. The maximum absolute atomic E-state index is 4.76. The average Bonchev–Trinajstić information content (AvgIpc) is 2.99. The van der Waals surface area contributed by atoms with Crippen LogP contribution in [0.1, 0.15) is 17.0 Å². The van der Waals surface area contributed by atoms with Crippen LogP contribution in [0.4, 0.5) is 0 Å². The van der Waals surface area contributed by atoms with Crippen molar-refractivity contribution >= 4 is 35.6 Å². The minimum absolute atomic E-state index is 0. The molecule has 2 heterocycles. The van der Waals surface area contributed by atoms with Gasteiger partial charge in [-0.15, -0.1) is 12.4 Å². The molecule has 2 aromatic carbocycles. The monoisotopic (exact) mass is 347 g/mol. The van der Waals surface area contributed by atoms with Crippen LogP contribution in [-0.2, 0) is 0 Å². The third-order valence-electron chi connectivity index (χ3n) is 3.93. The molecule has 0 atom stereocenters. The Bertz CT molecular complexity index is 1020. The van der Waals surface area contributed by atoms with Gasteiger partial charge in [0.25, 0.3) is 0 Å². The van der Waals surface area contributed by atoms with E-state index in [1.165, 1.54) is 5.56 Å². The number of hydrogen-bond donors (Lipinski definition) is 0. The third-order valence-corrected chi connectivity index (χ3v) is 3.93. The highest BCUT2D eigenvalue weighted by molar-refractivity contribution is 5.85. The first-order valence-electron chi connectivity index (χ1n) is 7.95. The summed E-state index contributed by atoms with van der Waals surface area (Å²) in [4.78, 5) is 9.25. The lowest BCUT2D eigenvalue weighted by Crippen LogP contribution is -1.99. The summed E-state index contributed by atoms with van der Waals surface area (Å²) >= 11 is 0. The maximum Gasteiger partial charge on any atom is 0.139 e. The van der Waals surface area contributed by atoms with Crippen molar-refractivity contribution in [2.75, 3.05) is 0 Å². The van der Waals surface area contributed by atoms with Gasteiger partial charge in [-0.25, -0.2) is 9.97 Å². The molecule has 0 aliphatic heterocycles. The molecule has 4 heteroatoms. The van der Waals surface area contributed by atoms with E-state index in [1.807, 2.05) is 42.5 Å². The number of halogens is 1. The minimum Gasteiger partial charge on any atom is -0.277 e. The van der Waals surface area contributed by atoms with Gasteiger partial charge in [0, 0.05) is 6.20 Å². The zero-order valence-electron chi connectivity index (χ0n) is 13.8. The summed E-state index contributed by atoms with van der Waals surface area (Å²) in [5.74, 6) is 1.74. The standard InChI is InChI=1S/C21H17N3.ClH/c1-16-7-6-8-17(15-16)12-13-21-23-18-9-2-3-10-19(18)24(21)20-11-4-5-14-22-20;/h2-15H,1H3;1H/b13-12+;. The van der Waals surface area contributed by atoms with Crippen LogP contribution in [0, 0.1) is 6.92 Å². The van der Waals surface area contributed by atoms with Gasteiger partial charge in [-0.1, -0.05) is 54.1 Å². The molecule has 0 amide bonds. The summed E-state index contributed by atoms with van der Waals surface area (Å²) in [7, 11) is 0. The smallest absolute Gasteiger partial charge is 0.139 e. The van der Waals surface area contributed by atoms with Crippen LogP contribution >= 0.6 is 12.4 Å². The first kappa shape index (κ1) is 16.9. The molecule has 0 radical (unpaired) electrons. The second-order valence-corrected chi connectivity index (χ2v) is 5.73. The number of aromatic nitrogens is 3. The fourth-order valence-electron chi connectivity index (χ4n) is 2.83. The van der Waals surface area contributed by atoms with Crippen LogP contribution in [0.2, 0.25) is 0 Å². The van der Waals surface area contributed by atoms with E-state index in [9.17, 15) is 0 Å². The fraction of sp³-hybridized carbons (Fsp3) is 0.0476. The van der Waals surface area contributed by atoms with Gasteiger partial charge in [0.1, 0.15) is 11.6 Å². The maximum atomic E-state index is 4.76. The predicted octanol–water partition coefficient (Wildman–Crippen LogP) is 5.32. The molecule has 0 unspecified atom stereocenters. The van der Waals surface area contributed by atoms with E-state index in [0.717, 1.165) is 28.2 Å². The van der Waals surface area contributed by atoms with E-state index in [-0.39, 0.29) is 12.4 Å². The highest BCUT2D eigenvalue weighted by Crippen LogP contribution is 2.21. The molecule has 2 aromatic heterocycles. The van der Waals surface area contributed by atoms with Crippen molar-refractivity contribution in [1.29, 1.82) is 0 Å². The molecular weight excluding hydrogens is 330 g/mol. The van der Waals surface area contributed by atoms with Gasteiger partial charge in [-0.3, -0.25) is 4.57 Å². The van der Waals surface area contributed by atoms with Gasteiger partial charge in [-0.2, -0.15) is 0 Å².